The molecule has 0 spiro atoms. The van der Waals surface area contributed by atoms with Gasteiger partial charge in [-0.1, -0.05) is 49.7 Å². The zero-order valence-electron chi connectivity index (χ0n) is 11.6. The molecule has 2 aromatic rings. The first-order valence-electron chi connectivity index (χ1n) is 6.81. The van der Waals surface area contributed by atoms with Gasteiger partial charge in [0.05, 0.1) is 0 Å². The number of para-hydroxylation sites is 1. The monoisotopic (exact) mass is 291 g/mol. The molecule has 0 radical (unpaired) electrons. The zero-order chi connectivity index (χ0) is 14.4. The molecule has 0 fully saturated rings. The van der Waals surface area contributed by atoms with Crippen molar-refractivity contribution in [1.29, 1.82) is 0 Å². The van der Waals surface area contributed by atoms with E-state index in [0.717, 1.165) is 24.8 Å². The number of unbranched alkanes of at least 4 members (excludes halogenated alkanes) is 1. The van der Waals surface area contributed by atoms with Gasteiger partial charge in [0.1, 0.15) is 0 Å². The third-order valence-electron chi connectivity index (χ3n) is 3.09. The summed E-state index contributed by atoms with van der Waals surface area (Å²) < 4.78 is 5.54. The molecule has 0 unspecified atom stereocenters. The molecular formula is C16H20O3P+. The van der Waals surface area contributed by atoms with Gasteiger partial charge in [-0.25, -0.2) is 0 Å². The molecule has 0 saturated carbocycles. The Morgan fingerprint density at radius 1 is 0.950 bits per heavy atom. The fraction of sp³-hybridized carbons (Fsp3) is 0.250. The summed E-state index contributed by atoms with van der Waals surface area (Å²) >= 11 is 0. The summed E-state index contributed by atoms with van der Waals surface area (Å²) in [5, 5.41) is 0.422. The van der Waals surface area contributed by atoms with Gasteiger partial charge in [-0.05, 0) is 36.6 Å². The van der Waals surface area contributed by atoms with E-state index < -0.39 is 7.94 Å². The lowest BCUT2D eigenvalue weighted by atomic mass is 10.1. The highest BCUT2D eigenvalue weighted by atomic mass is 31.2. The smallest absolute Gasteiger partial charge is 0.281 e. The second-order valence-electron chi connectivity index (χ2n) is 4.68. The van der Waals surface area contributed by atoms with Crippen LogP contribution in [-0.4, -0.2) is 9.79 Å². The minimum absolute atomic E-state index is 0.422. The highest BCUT2D eigenvalue weighted by Crippen LogP contribution is 2.50. The average Bonchev–Trinajstić information content (AvgIpc) is 2.47. The van der Waals surface area contributed by atoms with Crippen LogP contribution in [0, 0.1) is 0 Å². The van der Waals surface area contributed by atoms with Crippen molar-refractivity contribution in [2.24, 2.45) is 0 Å². The van der Waals surface area contributed by atoms with Crippen LogP contribution in [0.4, 0.5) is 0 Å². The Kier molecular flexibility index (Phi) is 5.13. The van der Waals surface area contributed by atoms with Gasteiger partial charge in [-0.15, -0.1) is 0 Å². The van der Waals surface area contributed by atoms with Crippen molar-refractivity contribution in [3.05, 3.63) is 60.2 Å². The van der Waals surface area contributed by atoms with Crippen LogP contribution in [0.5, 0.6) is 5.75 Å². The molecule has 2 rings (SSSR count). The van der Waals surface area contributed by atoms with Crippen molar-refractivity contribution in [2.75, 3.05) is 0 Å². The van der Waals surface area contributed by atoms with Crippen molar-refractivity contribution in [2.45, 2.75) is 26.2 Å². The van der Waals surface area contributed by atoms with E-state index in [0.29, 0.717) is 11.1 Å². The quantitative estimate of drug-likeness (QED) is 0.801. The van der Waals surface area contributed by atoms with E-state index in [2.05, 4.69) is 6.92 Å². The van der Waals surface area contributed by atoms with Gasteiger partial charge >= 0.3 is 7.94 Å². The van der Waals surface area contributed by atoms with Crippen LogP contribution in [0.3, 0.4) is 0 Å². The molecule has 0 atom stereocenters. The third kappa shape index (κ3) is 3.80. The van der Waals surface area contributed by atoms with E-state index in [4.69, 9.17) is 4.52 Å². The molecular weight excluding hydrogens is 271 g/mol. The Balaban J connectivity index is 2.21. The molecule has 3 nitrogen and oxygen atoms in total. The van der Waals surface area contributed by atoms with E-state index >= 15 is 0 Å². The molecule has 0 amide bonds. The van der Waals surface area contributed by atoms with E-state index in [9.17, 15) is 9.79 Å². The Morgan fingerprint density at radius 2 is 1.60 bits per heavy atom. The molecule has 2 aromatic carbocycles. The van der Waals surface area contributed by atoms with Crippen molar-refractivity contribution in [1.82, 2.24) is 0 Å². The summed E-state index contributed by atoms with van der Waals surface area (Å²) in [5.74, 6) is 0.558. The second-order valence-corrected chi connectivity index (χ2v) is 6.47. The number of benzene rings is 2. The van der Waals surface area contributed by atoms with Crippen molar-refractivity contribution < 1.29 is 14.3 Å². The Bertz CT molecular complexity index is 540. The molecule has 0 heterocycles. The topological polar surface area (TPSA) is 49.7 Å². The van der Waals surface area contributed by atoms with Crippen LogP contribution in [0.25, 0.3) is 0 Å². The lowest BCUT2D eigenvalue weighted by Gasteiger charge is -2.14. The van der Waals surface area contributed by atoms with Crippen LogP contribution in [0.2, 0.25) is 0 Å². The Labute approximate surface area is 120 Å². The van der Waals surface area contributed by atoms with Crippen LogP contribution < -0.4 is 9.83 Å². The highest BCUT2D eigenvalue weighted by molar-refractivity contribution is 7.68. The van der Waals surface area contributed by atoms with Crippen LogP contribution >= 0.6 is 7.94 Å². The van der Waals surface area contributed by atoms with Crippen LogP contribution in [0.1, 0.15) is 25.3 Å². The predicted molar refractivity (Wildman–Crippen MR) is 83.1 cm³/mol. The largest absolute Gasteiger partial charge is 0.487 e. The van der Waals surface area contributed by atoms with E-state index in [1.54, 1.807) is 30.3 Å². The number of hydrogen-bond acceptors (Lipinski definition) is 3. The minimum atomic E-state index is -3.58. The molecule has 2 N–H and O–H groups in total. The van der Waals surface area contributed by atoms with E-state index in [-0.39, 0.29) is 0 Å². The lowest BCUT2D eigenvalue weighted by Crippen LogP contribution is -2.15. The zero-order valence-corrected chi connectivity index (χ0v) is 12.5. The number of hydrogen-bond donors (Lipinski definition) is 2. The van der Waals surface area contributed by atoms with Gasteiger partial charge in [-0.3, -0.25) is 4.52 Å². The third-order valence-corrected chi connectivity index (χ3v) is 4.51. The molecule has 0 aliphatic carbocycles. The van der Waals surface area contributed by atoms with Crippen molar-refractivity contribution in [3.63, 3.8) is 0 Å². The van der Waals surface area contributed by atoms with Gasteiger partial charge in [0.25, 0.3) is 0 Å². The van der Waals surface area contributed by atoms with E-state index in [1.165, 1.54) is 0 Å². The standard InChI is InChI=1S/C16H20O3P/c1-2-3-9-14-10-7-8-13-16(14)19-20(17,18)15-11-5-4-6-12-15/h4-8,10-13,17-18H,2-3,9H2,1H3/q+1. The van der Waals surface area contributed by atoms with Gasteiger partial charge in [0.15, 0.2) is 11.1 Å². The summed E-state index contributed by atoms with van der Waals surface area (Å²) in [7, 11) is -3.58. The first kappa shape index (κ1) is 15.0. The molecule has 0 saturated heterocycles. The molecule has 0 aliphatic rings. The summed E-state index contributed by atoms with van der Waals surface area (Å²) in [6, 6.07) is 16.2. The summed E-state index contributed by atoms with van der Waals surface area (Å²) in [6.45, 7) is 2.13. The molecule has 0 aliphatic heterocycles. The van der Waals surface area contributed by atoms with Crippen molar-refractivity contribution >= 4 is 13.2 Å². The van der Waals surface area contributed by atoms with Gasteiger partial charge in [0, 0.05) is 0 Å². The maximum Gasteiger partial charge on any atom is 0.487 e. The Morgan fingerprint density at radius 3 is 2.30 bits per heavy atom. The lowest BCUT2D eigenvalue weighted by molar-refractivity contribution is 0.353. The normalized spacial score (nSPS) is 11.3. The fourth-order valence-electron chi connectivity index (χ4n) is 1.98. The van der Waals surface area contributed by atoms with Gasteiger partial charge in [-0.2, -0.15) is 9.79 Å². The second kappa shape index (κ2) is 6.85. The molecule has 106 valence electrons. The Hall–Kier alpha value is -1.41. The number of aryl methyl sites for hydroxylation is 1. The van der Waals surface area contributed by atoms with Crippen LogP contribution in [0.15, 0.2) is 54.6 Å². The maximum atomic E-state index is 10.2. The molecule has 0 aromatic heterocycles. The first-order valence-corrected chi connectivity index (χ1v) is 8.42. The van der Waals surface area contributed by atoms with Gasteiger partial charge in [0.2, 0.25) is 0 Å². The first-order chi connectivity index (χ1) is 9.63. The SMILES string of the molecule is CCCCc1ccccc1O[P+](O)(O)c1ccccc1. The average molecular weight is 291 g/mol. The fourth-order valence-corrected chi connectivity index (χ4v) is 3.10. The maximum absolute atomic E-state index is 10.2. The predicted octanol–water partition coefficient (Wildman–Crippen LogP) is 3.48. The van der Waals surface area contributed by atoms with E-state index in [1.807, 2.05) is 24.3 Å². The van der Waals surface area contributed by atoms with Crippen molar-refractivity contribution in [3.8, 4) is 5.75 Å². The number of rotatable bonds is 6. The molecule has 4 heteroatoms. The highest BCUT2D eigenvalue weighted by Gasteiger charge is 2.41. The summed E-state index contributed by atoms with van der Waals surface area (Å²) in [5.41, 5.74) is 1.01. The summed E-state index contributed by atoms with van der Waals surface area (Å²) in [6.07, 6.45) is 3.01. The summed E-state index contributed by atoms with van der Waals surface area (Å²) in [4.78, 5) is 20.5. The molecule has 0 bridgehead atoms. The van der Waals surface area contributed by atoms with Crippen LogP contribution in [-0.2, 0) is 6.42 Å². The van der Waals surface area contributed by atoms with Gasteiger partial charge < -0.3 is 0 Å². The minimum Gasteiger partial charge on any atom is -0.281 e. The molecule has 20 heavy (non-hydrogen) atoms.